The second kappa shape index (κ2) is 10.8. The van der Waals surface area contributed by atoms with Crippen LogP contribution in [0.15, 0.2) is 53.2 Å². The average molecular weight is 485 g/mol. The van der Waals surface area contributed by atoms with E-state index in [-0.39, 0.29) is 10.8 Å². The van der Waals surface area contributed by atoms with Crippen LogP contribution in [-0.2, 0) is 19.5 Å². The number of hydrogen-bond donors (Lipinski definition) is 0. The normalized spacial score (nSPS) is 21.4. The highest BCUT2D eigenvalue weighted by Gasteiger charge is 2.33. The summed E-state index contributed by atoms with van der Waals surface area (Å²) in [6.45, 7) is 11.9. The number of rotatable bonds is 8. The Morgan fingerprint density at radius 1 is 1.24 bits per heavy atom. The van der Waals surface area contributed by atoms with E-state index in [2.05, 4.69) is 6.07 Å². The van der Waals surface area contributed by atoms with Crippen LogP contribution in [0.5, 0.6) is 0 Å². The van der Waals surface area contributed by atoms with E-state index in [0.29, 0.717) is 30.5 Å². The summed E-state index contributed by atoms with van der Waals surface area (Å²) < 4.78 is 40.7. The van der Waals surface area contributed by atoms with Gasteiger partial charge < -0.3 is 9.47 Å². The monoisotopic (exact) mass is 484 g/mol. The number of ether oxygens (including phenoxy) is 2. The molecule has 0 amide bonds. The Morgan fingerprint density at radius 3 is 2.56 bits per heavy atom. The van der Waals surface area contributed by atoms with E-state index in [1.54, 1.807) is 25.2 Å². The first-order valence-corrected chi connectivity index (χ1v) is 13.3. The molecule has 0 bridgehead atoms. The number of benzene rings is 1. The van der Waals surface area contributed by atoms with Gasteiger partial charge >= 0.3 is 0 Å². The molecule has 1 saturated heterocycles. The standard InChI is InChI=1S/C27H36N2O4S/c1-20(2)17-29(25-8-6-21(3)16-22(25)4)34(30,31)24-7-9-26(27(5,19-28)13-10-24)33-18-23-11-14-32-15-12-23/h6-10,13,16,20,23H,11-12,14-15,17-18H2,1-5H3. The lowest BCUT2D eigenvalue weighted by atomic mass is 9.89. The summed E-state index contributed by atoms with van der Waals surface area (Å²) in [6, 6.07) is 8.07. The van der Waals surface area contributed by atoms with Crippen molar-refractivity contribution in [3.8, 4) is 6.07 Å². The molecule has 0 radical (unpaired) electrons. The molecule has 2 aliphatic rings. The van der Waals surface area contributed by atoms with Crippen molar-refractivity contribution in [2.45, 2.75) is 47.5 Å². The first-order valence-electron chi connectivity index (χ1n) is 11.9. The fourth-order valence-corrected chi connectivity index (χ4v) is 5.86. The van der Waals surface area contributed by atoms with Crippen LogP contribution in [0.2, 0.25) is 0 Å². The molecule has 0 spiro atoms. The van der Waals surface area contributed by atoms with Gasteiger partial charge in [0.25, 0.3) is 10.0 Å². The van der Waals surface area contributed by atoms with E-state index >= 15 is 0 Å². The molecular weight excluding hydrogens is 448 g/mol. The van der Waals surface area contributed by atoms with Crippen LogP contribution >= 0.6 is 0 Å². The smallest absolute Gasteiger partial charge is 0.264 e. The van der Waals surface area contributed by atoms with Crippen molar-refractivity contribution in [3.63, 3.8) is 0 Å². The van der Waals surface area contributed by atoms with E-state index in [1.165, 1.54) is 10.4 Å². The Bertz CT molecular complexity index is 1120. The molecule has 34 heavy (non-hydrogen) atoms. The third kappa shape index (κ3) is 5.92. The number of allylic oxidation sites excluding steroid dienone is 4. The third-order valence-corrected chi connectivity index (χ3v) is 8.07. The number of aryl methyl sites for hydroxylation is 2. The molecule has 1 fully saturated rings. The fourth-order valence-electron chi connectivity index (χ4n) is 4.17. The van der Waals surface area contributed by atoms with Gasteiger partial charge in [-0.25, -0.2) is 8.42 Å². The number of nitrogens with zero attached hydrogens (tertiary/aromatic N) is 2. The number of hydrogen-bond acceptors (Lipinski definition) is 5. The maximum Gasteiger partial charge on any atom is 0.264 e. The summed E-state index contributed by atoms with van der Waals surface area (Å²) in [5, 5.41) is 9.92. The molecule has 0 saturated carbocycles. The van der Waals surface area contributed by atoms with Crippen LogP contribution < -0.4 is 4.31 Å². The number of sulfonamides is 1. The van der Waals surface area contributed by atoms with Crippen LogP contribution in [-0.4, -0.2) is 34.8 Å². The number of nitriles is 1. The Labute approximate surface area is 204 Å². The van der Waals surface area contributed by atoms with Gasteiger partial charge in [-0.2, -0.15) is 5.26 Å². The summed E-state index contributed by atoms with van der Waals surface area (Å²) >= 11 is 0. The average Bonchev–Trinajstić information content (AvgIpc) is 2.96. The molecule has 1 aliphatic carbocycles. The minimum absolute atomic E-state index is 0.129. The van der Waals surface area contributed by atoms with Crippen LogP contribution in [0.25, 0.3) is 0 Å². The van der Waals surface area contributed by atoms with Gasteiger partial charge in [0.05, 0.1) is 23.3 Å². The van der Waals surface area contributed by atoms with Gasteiger partial charge in [0, 0.05) is 19.8 Å². The highest BCUT2D eigenvalue weighted by Crippen LogP contribution is 2.35. The zero-order valence-corrected chi connectivity index (χ0v) is 21.7. The van der Waals surface area contributed by atoms with Gasteiger partial charge in [-0.15, -0.1) is 0 Å². The summed E-state index contributed by atoms with van der Waals surface area (Å²) in [6.07, 6.45) is 8.21. The Morgan fingerprint density at radius 2 is 1.94 bits per heavy atom. The van der Waals surface area contributed by atoms with Crippen LogP contribution in [0.4, 0.5) is 5.69 Å². The van der Waals surface area contributed by atoms with Crippen molar-refractivity contribution in [2.75, 3.05) is 30.7 Å². The quantitative estimate of drug-likeness (QED) is 0.493. The van der Waals surface area contributed by atoms with E-state index in [4.69, 9.17) is 9.47 Å². The van der Waals surface area contributed by atoms with Crippen molar-refractivity contribution < 1.29 is 17.9 Å². The molecule has 1 aliphatic heterocycles. The molecule has 184 valence electrons. The number of anilines is 1. The SMILES string of the molecule is Cc1ccc(N(CC(C)C)S(=O)(=O)C2=CC=C(OCC3CCOCC3)C(C)(C#N)C=C2)c(C)c1. The first-order chi connectivity index (χ1) is 16.1. The van der Waals surface area contributed by atoms with Gasteiger partial charge in [-0.05, 0) is 75.3 Å². The minimum Gasteiger partial charge on any atom is -0.496 e. The lowest BCUT2D eigenvalue weighted by Gasteiger charge is -2.28. The highest BCUT2D eigenvalue weighted by atomic mass is 32.2. The summed E-state index contributed by atoms with van der Waals surface area (Å²) in [5.41, 5.74) is 1.60. The summed E-state index contributed by atoms with van der Waals surface area (Å²) in [5.74, 6) is 0.956. The van der Waals surface area contributed by atoms with E-state index in [0.717, 1.165) is 37.2 Å². The van der Waals surface area contributed by atoms with Crippen molar-refractivity contribution in [2.24, 2.45) is 17.3 Å². The molecule has 1 aromatic carbocycles. The molecule has 0 aromatic heterocycles. The van der Waals surface area contributed by atoms with E-state index in [9.17, 15) is 13.7 Å². The van der Waals surface area contributed by atoms with Crippen LogP contribution in [0.3, 0.4) is 0 Å². The lowest BCUT2D eigenvalue weighted by Crippen LogP contribution is -2.35. The van der Waals surface area contributed by atoms with Crippen LogP contribution in [0, 0.1) is 42.4 Å². The highest BCUT2D eigenvalue weighted by molar-refractivity contribution is 7.96. The molecule has 0 N–H and O–H groups in total. The topological polar surface area (TPSA) is 79.6 Å². The van der Waals surface area contributed by atoms with Gasteiger partial charge in [-0.3, -0.25) is 4.31 Å². The largest absolute Gasteiger partial charge is 0.496 e. The lowest BCUT2D eigenvalue weighted by molar-refractivity contribution is 0.0323. The molecular formula is C27H36N2O4S. The maximum atomic E-state index is 13.9. The summed E-state index contributed by atoms with van der Waals surface area (Å²) in [4.78, 5) is 0.138. The van der Waals surface area contributed by atoms with Crippen LogP contribution in [0.1, 0.15) is 44.7 Å². The summed E-state index contributed by atoms with van der Waals surface area (Å²) in [7, 11) is -3.87. The van der Waals surface area contributed by atoms with E-state index in [1.807, 2.05) is 45.9 Å². The Balaban J connectivity index is 1.96. The third-order valence-electron chi connectivity index (χ3n) is 6.28. The first kappa shape index (κ1) is 26.1. The molecule has 1 heterocycles. The zero-order valence-electron chi connectivity index (χ0n) is 20.9. The fraction of sp³-hybridized carbons (Fsp3) is 0.519. The molecule has 1 unspecified atom stereocenters. The second-order valence-electron chi connectivity index (χ2n) is 9.83. The minimum atomic E-state index is -3.87. The molecule has 1 aromatic rings. The Hall–Kier alpha value is -2.56. The molecule has 7 heteroatoms. The maximum absolute atomic E-state index is 13.9. The Kier molecular flexibility index (Phi) is 8.27. The van der Waals surface area contributed by atoms with E-state index < -0.39 is 15.4 Å². The second-order valence-corrected chi connectivity index (χ2v) is 11.7. The molecule has 6 nitrogen and oxygen atoms in total. The van der Waals surface area contributed by atoms with Crippen molar-refractivity contribution in [1.82, 2.24) is 0 Å². The zero-order chi connectivity index (χ0) is 24.9. The predicted molar refractivity (Wildman–Crippen MR) is 136 cm³/mol. The molecule has 1 atom stereocenters. The van der Waals surface area contributed by atoms with Gasteiger partial charge in [0.2, 0.25) is 0 Å². The van der Waals surface area contributed by atoms with Crippen molar-refractivity contribution in [3.05, 3.63) is 64.3 Å². The van der Waals surface area contributed by atoms with Crippen molar-refractivity contribution >= 4 is 15.7 Å². The molecule has 3 rings (SSSR count). The van der Waals surface area contributed by atoms with Gasteiger partial charge in [0.15, 0.2) is 0 Å². The predicted octanol–water partition coefficient (Wildman–Crippen LogP) is 5.41. The van der Waals surface area contributed by atoms with Gasteiger partial charge in [0.1, 0.15) is 11.2 Å². The van der Waals surface area contributed by atoms with Gasteiger partial charge in [-0.1, -0.05) is 37.6 Å². The van der Waals surface area contributed by atoms with Crippen molar-refractivity contribution in [1.29, 1.82) is 5.26 Å².